The first-order valence-corrected chi connectivity index (χ1v) is 8.04. The largest absolute Gasteiger partial charge is 0.332 e. The summed E-state index contributed by atoms with van der Waals surface area (Å²) in [5.74, 6) is -0.665. The van der Waals surface area contributed by atoms with Crippen LogP contribution in [-0.2, 0) is 4.79 Å². The van der Waals surface area contributed by atoms with Crippen molar-refractivity contribution in [3.05, 3.63) is 41.3 Å². The summed E-state index contributed by atoms with van der Waals surface area (Å²) in [5, 5.41) is 4.00. The average molecular weight is 332 g/mol. The summed E-state index contributed by atoms with van der Waals surface area (Å²) in [5.41, 5.74) is 5.57. The zero-order valence-corrected chi connectivity index (χ0v) is 13.2. The van der Waals surface area contributed by atoms with Crippen LogP contribution >= 0.6 is 22.7 Å². The Kier molecular flexibility index (Phi) is 4.03. The number of carbonyl (C=O) groups is 2. The Labute approximate surface area is 134 Å². The van der Waals surface area contributed by atoms with Crippen LogP contribution in [0.5, 0.6) is 0 Å². The molecule has 0 saturated heterocycles. The maximum atomic E-state index is 11.8. The Morgan fingerprint density at radius 1 is 1.09 bits per heavy atom. The molecule has 0 aliphatic rings. The zero-order chi connectivity index (χ0) is 15.5. The Balaban J connectivity index is 1.74. The van der Waals surface area contributed by atoms with Crippen molar-refractivity contribution in [1.82, 2.24) is 15.8 Å². The highest BCUT2D eigenvalue weighted by molar-refractivity contribution is 7.29. The minimum atomic E-state index is -0.344. The number of amides is 2. The highest BCUT2D eigenvalue weighted by Gasteiger charge is 2.14. The standard InChI is InChI=1S/C14H12N4O2S2/c1-8(19)17-18-12(20)10-7-11-13(21-10)16-14(22-11)15-9-5-3-2-4-6-9/h2-7H,1H3,(H,15,16)(H,17,19)(H,18,20). The number of benzene rings is 1. The molecule has 0 radical (unpaired) electrons. The fraction of sp³-hybridized carbons (Fsp3) is 0.0714. The number of nitrogens with zero attached hydrogens (tertiary/aromatic N) is 1. The molecule has 1 aromatic carbocycles. The molecule has 2 amide bonds. The number of thiazole rings is 1. The smallest absolute Gasteiger partial charge is 0.279 e. The van der Waals surface area contributed by atoms with Crippen molar-refractivity contribution in [3.63, 3.8) is 0 Å². The van der Waals surface area contributed by atoms with Gasteiger partial charge in [0.25, 0.3) is 5.91 Å². The molecule has 112 valence electrons. The first kappa shape index (κ1) is 14.5. The Bertz CT molecular complexity index is 794. The van der Waals surface area contributed by atoms with Gasteiger partial charge in [-0.05, 0) is 18.2 Å². The van der Waals surface area contributed by atoms with Crippen molar-refractivity contribution < 1.29 is 9.59 Å². The molecule has 2 aromatic heterocycles. The van der Waals surface area contributed by atoms with E-state index in [1.807, 2.05) is 30.3 Å². The minimum Gasteiger partial charge on any atom is -0.332 e. The van der Waals surface area contributed by atoms with Gasteiger partial charge in [0.2, 0.25) is 5.91 Å². The molecule has 2 heterocycles. The predicted octanol–water partition coefficient (Wildman–Crippen LogP) is 2.88. The van der Waals surface area contributed by atoms with E-state index in [1.165, 1.54) is 29.6 Å². The highest BCUT2D eigenvalue weighted by Crippen LogP contribution is 2.34. The van der Waals surface area contributed by atoms with Crippen LogP contribution in [-0.4, -0.2) is 16.8 Å². The molecule has 0 fully saturated rings. The van der Waals surface area contributed by atoms with Crippen molar-refractivity contribution in [3.8, 4) is 0 Å². The molecule has 0 aliphatic carbocycles. The molecule has 8 heteroatoms. The summed E-state index contributed by atoms with van der Waals surface area (Å²) in [4.78, 5) is 28.4. The average Bonchev–Trinajstić information content (AvgIpc) is 3.04. The molecule has 0 spiro atoms. The summed E-state index contributed by atoms with van der Waals surface area (Å²) in [6, 6.07) is 11.5. The summed E-state index contributed by atoms with van der Waals surface area (Å²) in [7, 11) is 0. The quantitative estimate of drug-likeness (QED) is 0.644. The van der Waals surface area contributed by atoms with Gasteiger partial charge in [0.15, 0.2) is 5.13 Å². The number of anilines is 2. The minimum absolute atomic E-state index is 0.320. The maximum absolute atomic E-state index is 11.8. The fourth-order valence-electron chi connectivity index (χ4n) is 1.75. The molecule has 3 aromatic rings. The highest BCUT2D eigenvalue weighted by atomic mass is 32.1. The van der Waals surface area contributed by atoms with E-state index in [0.717, 1.165) is 20.3 Å². The molecule has 0 bridgehead atoms. The monoisotopic (exact) mass is 332 g/mol. The lowest BCUT2D eigenvalue weighted by molar-refractivity contribution is -0.119. The van der Waals surface area contributed by atoms with E-state index in [9.17, 15) is 9.59 Å². The van der Waals surface area contributed by atoms with Crippen LogP contribution in [0.4, 0.5) is 10.8 Å². The van der Waals surface area contributed by atoms with Gasteiger partial charge in [-0.3, -0.25) is 20.4 Å². The van der Waals surface area contributed by atoms with Gasteiger partial charge in [-0.25, -0.2) is 4.98 Å². The van der Waals surface area contributed by atoms with Crippen LogP contribution in [0.2, 0.25) is 0 Å². The van der Waals surface area contributed by atoms with Gasteiger partial charge in [0.1, 0.15) is 4.83 Å². The summed E-state index contributed by atoms with van der Waals surface area (Å²) >= 11 is 2.76. The van der Waals surface area contributed by atoms with Crippen LogP contribution in [0.25, 0.3) is 9.53 Å². The summed E-state index contributed by atoms with van der Waals surface area (Å²) < 4.78 is 0.927. The zero-order valence-electron chi connectivity index (χ0n) is 11.5. The topological polar surface area (TPSA) is 83.1 Å². The summed E-state index contributed by atoms with van der Waals surface area (Å²) in [6.45, 7) is 1.33. The van der Waals surface area contributed by atoms with Crippen LogP contribution in [0.3, 0.4) is 0 Å². The number of aromatic nitrogens is 1. The third kappa shape index (κ3) is 3.23. The van der Waals surface area contributed by atoms with Gasteiger partial charge in [-0.15, -0.1) is 11.3 Å². The second-order valence-electron chi connectivity index (χ2n) is 4.43. The fourth-order valence-corrected chi connectivity index (χ4v) is 3.78. The molecule has 3 rings (SSSR count). The molecular weight excluding hydrogens is 320 g/mol. The number of hydrogen-bond donors (Lipinski definition) is 3. The van der Waals surface area contributed by atoms with Gasteiger partial charge in [-0.2, -0.15) is 0 Å². The number of rotatable bonds is 3. The molecule has 3 N–H and O–H groups in total. The van der Waals surface area contributed by atoms with Crippen molar-refractivity contribution in [2.75, 3.05) is 5.32 Å². The van der Waals surface area contributed by atoms with Gasteiger partial charge >= 0.3 is 0 Å². The number of carbonyl (C=O) groups excluding carboxylic acids is 2. The van der Waals surface area contributed by atoms with E-state index in [0.29, 0.717) is 4.88 Å². The molecule has 0 atom stereocenters. The second-order valence-corrected chi connectivity index (χ2v) is 6.49. The van der Waals surface area contributed by atoms with E-state index in [2.05, 4.69) is 21.2 Å². The third-order valence-corrected chi connectivity index (χ3v) is 4.76. The van der Waals surface area contributed by atoms with E-state index in [1.54, 1.807) is 6.07 Å². The summed E-state index contributed by atoms with van der Waals surface area (Å²) in [6.07, 6.45) is 0. The first-order chi connectivity index (χ1) is 10.6. The van der Waals surface area contributed by atoms with Crippen molar-refractivity contribution in [2.45, 2.75) is 6.92 Å². The Morgan fingerprint density at radius 2 is 1.86 bits per heavy atom. The SMILES string of the molecule is CC(=O)NNC(=O)c1cc2sc(Nc3ccccc3)nc2s1. The lowest BCUT2D eigenvalue weighted by atomic mass is 10.3. The molecule has 0 unspecified atom stereocenters. The van der Waals surface area contributed by atoms with Crippen LogP contribution in [0, 0.1) is 0 Å². The van der Waals surface area contributed by atoms with E-state index >= 15 is 0 Å². The number of hydrazine groups is 1. The van der Waals surface area contributed by atoms with Crippen LogP contribution in [0.15, 0.2) is 36.4 Å². The lowest BCUT2D eigenvalue weighted by Crippen LogP contribution is -2.39. The molecular formula is C14H12N4O2S2. The van der Waals surface area contributed by atoms with Gasteiger partial charge in [0, 0.05) is 12.6 Å². The number of fused-ring (bicyclic) bond motifs is 1. The Hall–Kier alpha value is -2.45. The van der Waals surface area contributed by atoms with Gasteiger partial charge in [-0.1, -0.05) is 29.5 Å². The number of hydrogen-bond acceptors (Lipinski definition) is 6. The second kappa shape index (κ2) is 6.12. The number of para-hydroxylation sites is 1. The third-order valence-electron chi connectivity index (χ3n) is 2.69. The normalized spacial score (nSPS) is 10.4. The van der Waals surface area contributed by atoms with Crippen molar-refractivity contribution >= 4 is 54.8 Å². The van der Waals surface area contributed by atoms with Crippen LogP contribution < -0.4 is 16.2 Å². The van der Waals surface area contributed by atoms with Gasteiger partial charge in [0.05, 0.1) is 9.58 Å². The van der Waals surface area contributed by atoms with Crippen molar-refractivity contribution in [2.24, 2.45) is 0 Å². The van der Waals surface area contributed by atoms with E-state index < -0.39 is 0 Å². The number of nitrogens with one attached hydrogen (secondary N) is 3. The van der Waals surface area contributed by atoms with Crippen LogP contribution in [0.1, 0.15) is 16.6 Å². The van der Waals surface area contributed by atoms with Crippen molar-refractivity contribution in [1.29, 1.82) is 0 Å². The molecule has 6 nitrogen and oxygen atoms in total. The maximum Gasteiger partial charge on any atom is 0.279 e. The molecule has 0 saturated carbocycles. The van der Waals surface area contributed by atoms with Gasteiger partial charge < -0.3 is 5.32 Å². The number of thiophene rings is 1. The predicted molar refractivity (Wildman–Crippen MR) is 88.5 cm³/mol. The van der Waals surface area contributed by atoms with E-state index in [-0.39, 0.29) is 11.8 Å². The molecule has 0 aliphatic heterocycles. The first-order valence-electron chi connectivity index (χ1n) is 6.41. The Morgan fingerprint density at radius 3 is 2.55 bits per heavy atom. The lowest BCUT2D eigenvalue weighted by Gasteiger charge is -2.02. The van der Waals surface area contributed by atoms with E-state index in [4.69, 9.17) is 0 Å². The molecule has 22 heavy (non-hydrogen) atoms.